The smallest absolute Gasteiger partial charge is 0.141 e. The first-order valence-electron chi connectivity index (χ1n) is 14.8. The molecule has 0 radical (unpaired) electrons. The van der Waals surface area contributed by atoms with Crippen molar-refractivity contribution in [3.63, 3.8) is 0 Å². The van der Waals surface area contributed by atoms with E-state index in [0.717, 1.165) is 11.4 Å². The second-order valence-electron chi connectivity index (χ2n) is 11.4. The Labute approximate surface area is 259 Å². The van der Waals surface area contributed by atoms with Gasteiger partial charge in [-0.05, 0) is 65.2 Å². The predicted octanol–water partition coefficient (Wildman–Crippen LogP) is 10.2. The van der Waals surface area contributed by atoms with E-state index in [1.807, 2.05) is 23.5 Å². The lowest BCUT2D eigenvalue weighted by molar-refractivity contribution is 0.446. The Hall–Kier alpha value is -5.41. The van der Waals surface area contributed by atoms with E-state index in [4.69, 9.17) is 0 Å². The predicted molar refractivity (Wildman–Crippen MR) is 181 cm³/mol. The van der Waals surface area contributed by atoms with Gasteiger partial charge in [-0.2, -0.15) is 10.3 Å². The summed E-state index contributed by atoms with van der Waals surface area (Å²) < 4.78 is 2.61. The number of nitrogens with one attached hydrogen (secondary N) is 1. The van der Waals surface area contributed by atoms with Crippen molar-refractivity contribution in [1.29, 1.82) is 5.26 Å². The van der Waals surface area contributed by atoms with Gasteiger partial charge >= 0.3 is 0 Å². The number of thiophene rings is 1. The molecular formula is C39H26N4S. The molecule has 2 aliphatic heterocycles. The summed E-state index contributed by atoms with van der Waals surface area (Å²) in [7, 11) is 0. The number of benzene rings is 6. The first-order valence-corrected chi connectivity index (χ1v) is 15.6. The second kappa shape index (κ2) is 9.82. The highest BCUT2D eigenvalue weighted by Crippen LogP contribution is 2.60. The van der Waals surface area contributed by atoms with Crippen LogP contribution in [0.15, 0.2) is 140 Å². The molecule has 1 N–H and O–H groups in total. The van der Waals surface area contributed by atoms with Gasteiger partial charge in [0, 0.05) is 42.7 Å². The van der Waals surface area contributed by atoms with Crippen molar-refractivity contribution < 1.29 is 0 Å². The van der Waals surface area contributed by atoms with Crippen molar-refractivity contribution >= 4 is 48.6 Å². The molecule has 44 heavy (non-hydrogen) atoms. The Kier molecular flexibility index (Phi) is 5.61. The van der Waals surface area contributed by atoms with Crippen molar-refractivity contribution in [2.75, 3.05) is 10.3 Å². The first-order chi connectivity index (χ1) is 21.8. The minimum atomic E-state index is 0.127. The number of hydrogen-bond donors (Lipinski definition) is 1. The van der Waals surface area contributed by atoms with Crippen LogP contribution in [0.3, 0.4) is 0 Å². The molecule has 7 aromatic rings. The van der Waals surface area contributed by atoms with Gasteiger partial charge in [-0.25, -0.2) is 0 Å². The van der Waals surface area contributed by atoms with Crippen LogP contribution in [0.4, 0.5) is 17.1 Å². The average Bonchev–Trinajstić information content (AvgIpc) is 3.55. The van der Waals surface area contributed by atoms with Gasteiger partial charge in [0.25, 0.3) is 0 Å². The molecule has 3 atom stereocenters. The largest absolute Gasteiger partial charge is 0.355 e. The zero-order valence-corrected chi connectivity index (χ0v) is 24.5. The number of hydrogen-bond acceptors (Lipinski definition) is 5. The molecule has 5 heteroatoms. The molecule has 1 saturated heterocycles. The minimum absolute atomic E-state index is 0.127. The molecule has 2 aliphatic rings. The molecular weight excluding hydrogens is 557 g/mol. The van der Waals surface area contributed by atoms with E-state index in [-0.39, 0.29) is 12.2 Å². The Morgan fingerprint density at radius 3 is 2.20 bits per heavy atom. The summed E-state index contributed by atoms with van der Waals surface area (Å²) >= 11 is 1.85. The van der Waals surface area contributed by atoms with Gasteiger partial charge in [0.15, 0.2) is 0 Å². The summed E-state index contributed by atoms with van der Waals surface area (Å²) in [5, 5.41) is 20.5. The van der Waals surface area contributed by atoms with Crippen molar-refractivity contribution in [3.8, 4) is 17.2 Å². The summed E-state index contributed by atoms with van der Waals surface area (Å²) in [6, 6.07) is 51.8. The van der Waals surface area contributed by atoms with E-state index in [2.05, 4.69) is 149 Å². The van der Waals surface area contributed by atoms with Crippen LogP contribution in [0.2, 0.25) is 0 Å². The third-order valence-corrected chi connectivity index (χ3v) is 10.00. The lowest BCUT2D eigenvalue weighted by Gasteiger charge is -2.17. The molecule has 0 amide bonds. The van der Waals surface area contributed by atoms with E-state index >= 15 is 0 Å². The van der Waals surface area contributed by atoms with Crippen LogP contribution in [0.25, 0.3) is 31.3 Å². The van der Waals surface area contributed by atoms with Gasteiger partial charge in [-0.15, -0.1) is 11.3 Å². The molecule has 9 rings (SSSR count). The van der Waals surface area contributed by atoms with Crippen LogP contribution in [-0.4, -0.2) is 5.01 Å². The number of nitriles is 1. The van der Waals surface area contributed by atoms with Gasteiger partial charge in [0.05, 0.1) is 23.4 Å². The summed E-state index contributed by atoms with van der Waals surface area (Å²) in [5.41, 5.74) is 10.2. The van der Waals surface area contributed by atoms with Crippen LogP contribution in [0, 0.1) is 11.3 Å². The molecule has 1 fully saturated rings. The van der Waals surface area contributed by atoms with E-state index in [9.17, 15) is 5.26 Å². The number of anilines is 3. The summed E-state index contributed by atoms with van der Waals surface area (Å²) in [5.74, 6) is 0. The highest BCUT2D eigenvalue weighted by atomic mass is 32.1. The fourth-order valence-corrected chi connectivity index (χ4v) is 7.89. The fraction of sp³-hybridized carbons (Fsp3) is 0.0513. The van der Waals surface area contributed by atoms with Gasteiger partial charge in [-0.3, -0.25) is 5.01 Å². The van der Waals surface area contributed by atoms with Gasteiger partial charge < -0.3 is 5.32 Å². The maximum atomic E-state index is 9.30. The summed E-state index contributed by atoms with van der Waals surface area (Å²) in [4.78, 5) is 0. The SMILES string of the molecule is N#Cc1ccc(C2c3ccccc3N3C(c4ccc(Nc5cc6c(cc5-c5ccccc5)sc5ccccc56)cc4)[N@]23)cc1. The molecule has 3 heterocycles. The number of fused-ring (bicyclic) bond motifs is 6. The van der Waals surface area contributed by atoms with Crippen LogP contribution >= 0.6 is 11.3 Å². The maximum absolute atomic E-state index is 9.30. The van der Waals surface area contributed by atoms with Crippen LogP contribution in [-0.2, 0) is 0 Å². The molecule has 0 aliphatic carbocycles. The molecule has 6 aromatic carbocycles. The molecule has 4 nitrogen and oxygen atoms in total. The minimum Gasteiger partial charge on any atom is -0.355 e. The zero-order valence-electron chi connectivity index (χ0n) is 23.7. The Morgan fingerprint density at radius 1 is 0.659 bits per heavy atom. The lowest BCUT2D eigenvalue weighted by Crippen LogP contribution is -2.09. The molecule has 2 unspecified atom stereocenters. The van der Waals surface area contributed by atoms with Gasteiger partial charge in [0.2, 0.25) is 0 Å². The normalized spacial score (nSPS) is 18.2. The standard InChI is InChI=1S/C39H26N4S/c40-24-25-14-16-27(17-15-25)38-31-11-4-6-12-35(31)42-39(43(38)42)28-18-20-29(21-19-28)41-34-22-33-30-10-5-7-13-36(30)44-37(33)23-32(34)26-8-2-1-3-9-26/h1-23,38-39,41H/t38?,39?,42?,43-/m0/s1. The topological polar surface area (TPSA) is 41.8 Å². The fourth-order valence-electron chi connectivity index (χ4n) is 6.77. The number of rotatable bonds is 5. The van der Waals surface area contributed by atoms with Crippen molar-refractivity contribution in [2.24, 2.45) is 0 Å². The monoisotopic (exact) mass is 582 g/mol. The molecule has 1 aromatic heterocycles. The molecule has 0 saturated carbocycles. The average molecular weight is 583 g/mol. The van der Waals surface area contributed by atoms with E-state index in [1.165, 1.54) is 53.7 Å². The van der Waals surface area contributed by atoms with Crippen LogP contribution in [0.5, 0.6) is 0 Å². The molecule has 0 bridgehead atoms. The zero-order chi connectivity index (χ0) is 29.2. The van der Waals surface area contributed by atoms with E-state index < -0.39 is 0 Å². The molecule has 208 valence electrons. The summed E-state index contributed by atoms with van der Waals surface area (Å²) in [6.45, 7) is 0. The number of nitrogens with zero attached hydrogens (tertiary/aromatic N) is 3. The Bertz CT molecular complexity index is 2230. The Balaban J connectivity index is 1.05. The first kappa shape index (κ1) is 25.1. The number of hydrazine groups is 1. The number of para-hydroxylation sites is 1. The van der Waals surface area contributed by atoms with Gasteiger partial charge in [-0.1, -0.05) is 91.0 Å². The Morgan fingerprint density at radius 2 is 1.39 bits per heavy atom. The van der Waals surface area contributed by atoms with Gasteiger partial charge in [0.1, 0.15) is 6.17 Å². The van der Waals surface area contributed by atoms with Crippen molar-refractivity contribution in [3.05, 3.63) is 162 Å². The third-order valence-electron chi connectivity index (χ3n) is 8.86. The highest BCUT2D eigenvalue weighted by molar-refractivity contribution is 7.25. The van der Waals surface area contributed by atoms with E-state index in [1.54, 1.807) is 0 Å². The lowest BCUT2D eigenvalue weighted by atomic mass is 9.96. The van der Waals surface area contributed by atoms with Crippen LogP contribution < -0.4 is 10.3 Å². The van der Waals surface area contributed by atoms with E-state index in [0.29, 0.717) is 5.56 Å². The maximum Gasteiger partial charge on any atom is 0.141 e. The van der Waals surface area contributed by atoms with Crippen LogP contribution in [0.1, 0.15) is 34.5 Å². The summed E-state index contributed by atoms with van der Waals surface area (Å²) in [6.07, 6.45) is 0.174. The third kappa shape index (κ3) is 3.93. The highest BCUT2D eigenvalue weighted by Gasteiger charge is 2.57. The molecule has 0 spiro atoms. The quantitative estimate of drug-likeness (QED) is 0.205. The van der Waals surface area contributed by atoms with Crippen molar-refractivity contribution in [2.45, 2.75) is 12.2 Å². The second-order valence-corrected chi connectivity index (χ2v) is 12.5. The van der Waals surface area contributed by atoms with Crippen molar-refractivity contribution in [1.82, 2.24) is 5.01 Å².